The van der Waals surface area contributed by atoms with E-state index in [-0.39, 0.29) is 5.82 Å². The van der Waals surface area contributed by atoms with E-state index in [9.17, 15) is 4.39 Å². The maximum atomic E-state index is 13.2. The van der Waals surface area contributed by atoms with Crippen molar-refractivity contribution in [2.24, 2.45) is 11.8 Å². The van der Waals surface area contributed by atoms with Crippen molar-refractivity contribution in [1.29, 1.82) is 0 Å². The van der Waals surface area contributed by atoms with Crippen LogP contribution in [0.1, 0.15) is 39.2 Å². The quantitative estimate of drug-likeness (QED) is 0.676. The molecule has 108 valence electrons. The molecule has 1 rings (SSSR count). The molecule has 0 aromatic heterocycles. The Balaban J connectivity index is 2.61. The van der Waals surface area contributed by atoms with Crippen LogP contribution in [0, 0.1) is 17.7 Å². The summed E-state index contributed by atoms with van der Waals surface area (Å²) in [5.74, 6) is 1.12. The van der Waals surface area contributed by atoms with Crippen LogP contribution in [0.15, 0.2) is 22.7 Å². The Hall–Kier alpha value is -0.410. The fraction of sp³-hybridized carbons (Fsp3) is 0.625. The highest BCUT2D eigenvalue weighted by Crippen LogP contribution is 2.21. The standard InChI is InChI=1S/C16H25BrFN/c1-4-7-19-11-14(8-12(2)3)9-13-5-6-16(18)15(17)10-13/h5-6,10,12,14,19H,4,7-9,11H2,1-3H3. The second-order valence-electron chi connectivity index (χ2n) is 5.65. The molecule has 0 aliphatic carbocycles. The maximum Gasteiger partial charge on any atom is 0.137 e. The fourth-order valence-corrected chi connectivity index (χ4v) is 2.81. The van der Waals surface area contributed by atoms with Gasteiger partial charge >= 0.3 is 0 Å². The summed E-state index contributed by atoms with van der Waals surface area (Å²) in [6.07, 6.45) is 3.37. The molecule has 0 saturated heterocycles. The van der Waals surface area contributed by atoms with E-state index < -0.39 is 0 Å². The van der Waals surface area contributed by atoms with Crippen molar-refractivity contribution < 1.29 is 4.39 Å². The first kappa shape index (κ1) is 16.6. The first-order valence-electron chi connectivity index (χ1n) is 7.17. The van der Waals surface area contributed by atoms with Gasteiger partial charge in [-0.05, 0) is 77.8 Å². The predicted octanol–water partition coefficient (Wildman–Crippen LogP) is 4.79. The molecule has 1 aromatic rings. The minimum Gasteiger partial charge on any atom is -0.316 e. The monoisotopic (exact) mass is 329 g/mol. The van der Waals surface area contributed by atoms with Crippen LogP contribution in [-0.4, -0.2) is 13.1 Å². The molecule has 0 saturated carbocycles. The number of halogens is 2. The van der Waals surface area contributed by atoms with E-state index in [0.717, 1.165) is 25.9 Å². The van der Waals surface area contributed by atoms with Gasteiger partial charge in [-0.3, -0.25) is 0 Å². The second kappa shape index (κ2) is 8.70. The van der Waals surface area contributed by atoms with Gasteiger partial charge in [-0.2, -0.15) is 0 Å². The van der Waals surface area contributed by atoms with Gasteiger partial charge in [-0.1, -0.05) is 26.8 Å². The lowest BCUT2D eigenvalue weighted by Crippen LogP contribution is -2.26. The van der Waals surface area contributed by atoms with Crippen LogP contribution in [-0.2, 0) is 6.42 Å². The van der Waals surface area contributed by atoms with E-state index in [4.69, 9.17) is 0 Å². The number of hydrogen-bond acceptors (Lipinski definition) is 1. The van der Waals surface area contributed by atoms with E-state index >= 15 is 0 Å². The summed E-state index contributed by atoms with van der Waals surface area (Å²) in [4.78, 5) is 0. The largest absolute Gasteiger partial charge is 0.316 e. The van der Waals surface area contributed by atoms with Gasteiger partial charge in [0, 0.05) is 0 Å². The van der Waals surface area contributed by atoms with Crippen LogP contribution in [0.3, 0.4) is 0 Å². The Kier molecular flexibility index (Phi) is 7.62. The number of hydrogen-bond donors (Lipinski definition) is 1. The molecule has 0 fully saturated rings. The highest BCUT2D eigenvalue weighted by atomic mass is 79.9. The molecule has 1 atom stereocenters. The van der Waals surface area contributed by atoms with Crippen LogP contribution in [0.2, 0.25) is 0 Å². The van der Waals surface area contributed by atoms with E-state index in [0.29, 0.717) is 16.3 Å². The van der Waals surface area contributed by atoms with Crippen molar-refractivity contribution in [3.8, 4) is 0 Å². The Morgan fingerprint density at radius 2 is 2.05 bits per heavy atom. The van der Waals surface area contributed by atoms with Gasteiger partial charge in [0.15, 0.2) is 0 Å². The molecule has 0 amide bonds. The van der Waals surface area contributed by atoms with Crippen molar-refractivity contribution in [2.45, 2.75) is 40.0 Å². The topological polar surface area (TPSA) is 12.0 Å². The highest BCUT2D eigenvalue weighted by Gasteiger charge is 2.12. The van der Waals surface area contributed by atoms with Gasteiger partial charge < -0.3 is 5.32 Å². The molecular weight excluding hydrogens is 305 g/mol. The lowest BCUT2D eigenvalue weighted by Gasteiger charge is -2.20. The lowest BCUT2D eigenvalue weighted by molar-refractivity contribution is 0.385. The van der Waals surface area contributed by atoms with Crippen molar-refractivity contribution >= 4 is 15.9 Å². The van der Waals surface area contributed by atoms with Gasteiger partial charge in [0.05, 0.1) is 4.47 Å². The van der Waals surface area contributed by atoms with E-state index in [2.05, 4.69) is 42.0 Å². The molecular formula is C16H25BrFN. The molecule has 0 aliphatic rings. The van der Waals surface area contributed by atoms with Crippen molar-refractivity contribution in [2.75, 3.05) is 13.1 Å². The van der Waals surface area contributed by atoms with Crippen LogP contribution in [0.25, 0.3) is 0 Å². The zero-order valence-electron chi connectivity index (χ0n) is 12.2. The van der Waals surface area contributed by atoms with Gasteiger partial charge in [-0.25, -0.2) is 4.39 Å². The third-order valence-electron chi connectivity index (χ3n) is 3.17. The summed E-state index contributed by atoms with van der Waals surface area (Å²) in [7, 11) is 0. The average molecular weight is 330 g/mol. The van der Waals surface area contributed by atoms with Crippen LogP contribution < -0.4 is 5.32 Å². The molecule has 3 heteroatoms. The normalized spacial score (nSPS) is 12.9. The lowest BCUT2D eigenvalue weighted by atomic mass is 9.91. The predicted molar refractivity (Wildman–Crippen MR) is 83.9 cm³/mol. The fourth-order valence-electron chi connectivity index (χ4n) is 2.39. The molecule has 19 heavy (non-hydrogen) atoms. The summed E-state index contributed by atoms with van der Waals surface area (Å²) in [6.45, 7) is 8.81. The van der Waals surface area contributed by atoms with E-state index in [1.165, 1.54) is 12.0 Å². The maximum absolute atomic E-state index is 13.2. The third-order valence-corrected chi connectivity index (χ3v) is 3.78. The summed E-state index contributed by atoms with van der Waals surface area (Å²) >= 11 is 3.26. The second-order valence-corrected chi connectivity index (χ2v) is 6.51. The third kappa shape index (κ3) is 6.53. The molecule has 1 nitrogen and oxygen atoms in total. The zero-order chi connectivity index (χ0) is 14.3. The SMILES string of the molecule is CCCNCC(Cc1ccc(F)c(Br)c1)CC(C)C. The summed E-state index contributed by atoms with van der Waals surface area (Å²) in [6, 6.07) is 5.35. The first-order chi connectivity index (χ1) is 9.02. The van der Waals surface area contributed by atoms with Crippen LogP contribution in [0.4, 0.5) is 4.39 Å². The number of benzene rings is 1. The number of rotatable bonds is 8. The molecule has 1 aromatic carbocycles. The molecule has 1 unspecified atom stereocenters. The Morgan fingerprint density at radius 3 is 2.63 bits per heavy atom. The first-order valence-corrected chi connectivity index (χ1v) is 7.96. The van der Waals surface area contributed by atoms with Crippen molar-refractivity contribution in [3.63, 3.8) is 0 Å². The molecule has 0 spiro atoms. The Labute approximate surface area is 125 Å². The Bertz CT molecular complexity index is 379. The van der Waals surface area contributed by atoms with E-state index in [1.807, 2.05) is 12.1 Å². The average Bonchev–Trinajstić information content (AvgIpc) is 2.33. The van der Waals surface area contributed by atoms with Crippen molar-refractivity contribution in [3.05, 3.63) is 34.1 Å². The summed E-state index contributed by atoms with van der Waals surface area (Å²) in [5.41, 5.74) is 1.21. The summed E-state index contributed by atoms with van der Waals surface area (Å²) < 4.78 is 13.8. The molecule has 0 radical (unpaired) electrons. The molecule has 1 N–H and O–H groups in total. The van der Waals surface area contributed by atoms with Gasteiger partial charge in [-0.15, -0.1) is 0 Å². The smallest absolute Gasteiger partial charge is 0.137 e. The summed E-state index contributed by atoms with van der Waals surface area (Å²) in [5, 5.41) is 3.50. The van der Waals surface area contributed by atoms with Crippen LogP contribution >= 0.6 is 15.9 Å². The zero-order valence-corrected chi connectivity index (χ0v) is 13.8. The van der Waals surface area contributed by atoms with Crippen molar-refractivity contribution in [1.82, 2.24) is 5.32 Å². The minimum atomic E-state index is -0.187. The van der Waals surface area contributed by atoms with Gasteiger partial charge in [0.2, 0.25) is 0 Å². The molecule has 0 heterocycles. The molecule has 0 bridgehead atoms. The minimum absolute atomic E-state index is 0.187. The highest BCUT2D eigenvalue weighted by molar-refractivity contribution is 9.10. The number of nitrogens with one attached hydrogen (secondary N) is 1. The Morgan fingerprint density at radius 1 is 1.32 bits per heavy atom. The van der Waals surface area contributed by atoms with Crippen LogP contribution in [0.5, 0.6) is 0 Å². The van der Waals surface area contributed by atoms with Gasteiger partial charge in [0.25, 0.3) is 0 Å². The van der Waals surface area contributed by atoms with E-state index in [1.54, 1.807) is 6.07 Å². The van der Waals surface area contributed by atoms with Gasteiger partial charge in [0.1, 0.15) is 5.82 Å². The molecule has 0 aliphatic heterocycles.